The Morgan fingerprint density at radius 1 is 1.47 bits per heavy atom. The second-order valence-corrected chi connectivity index (χ2v) is 5.94. The fraction of sp³-hybridized carbons (Fsp3) is 0.300. The predicted octanol–water partition coefficient (Wildman–Crippen LogP) is 2.12. The lowest BCUT2D eigenvalue weighted by Crippen LogP contribution is -2.05. The number of rotatable bonds is 3. The molecule has 7 heteroatoms. The van der Waals surface area contributed by atoms with Gasteiger partial charge in [-0.05, 0) is 30.2 Å². The van der Waals surface area contributed by atoms with E-state index in [1.165, 1.54) is 13.8 Å². The fourth-order valence-corrected chi connectivity index (χ4v) is 2.52. The maximum atomic E-state index is 13.2. The molecule has 17 heavy (non-hydrogen) atoms. The highest BCUT2D eigenvalue weighted by molar-refractivity contribution is 8.13. The zero-order valence-electron chi connectivity index (χ0n) is 9.16. The van der Waals surface area contributed by atoms with Gasteiger partial charge >= 0.3 is 5.97 Å². The molecule has 0 fully saturated rings. The molecule has 0 amide bonds. The number of benzene rings is 1. The fourth-order valence-electron chi connectivity index (χ4n) is 1.29. The van der Waals surface area contributed by atoms with Crippen LogP contribution in [0.1, 0.15) is 18.1 Å². The van der Waals surface area contributed by atoms with Crippen molar-refractivity contribution >= 4 is 25.7 Å². The number of carbonyl (C=O) groups excluding carboxylic acids is 1. The standard InChI is InChI=1S/C10H10ClFO4S/c1-6-8(5-16-7(2)13)3-9(12)4-10(6)17(11,14)15/h3-4H,5H2,1-2H3. The van der Waals surface area contributed by atoms with Crippen molar-refractivity contribution in [2.24, 2.45) is 0 Å². The van der Waals surface area contributed by atoms with Gasteiger partial charge in [0.1, 0.15) is 12.4 Å². The largest absolute Gasteiger partial charge is 0.461 e. The van der Waals surface area contributed by atoms with Crippen LogP contribution in [0.5, 0.6) is 0 Å². The highest BCUT2D eigenvalue weighted by atomic mass is 35.7. The third kappa shape index (κ3) is 3.67. The summed E-state index contributed by atoms with van der Waals surface area (Å²) in [6.07, 6.45) is 0. The molecular weight excluding hydrogens is 271 g/mol. The Morgan fingerprint density at radius 3 is 2.53 bits per heavy atom. The van der Waals surface area contributed by atoms with E-state index >= 15 is 0 Å². The Balaban J connectivity index is 3.24. The molecule has 0 bridgehead atoms. The predicted molar refractivity (Wildman–Crippen MR) is 59.6 cm³/mol. The molecule has 0 aromatic heterocycles. The molecule has 0 aliphatic rings. The van der Waals surface area contributed by atoms with E-state index in [-0.39, 0.29) is 22.6 Å². The molecule has 0 aliphatic carbocycles. The summed E-state index contributed by atoms with van der Waals surface area (Å²) in [4.78, 5) is 10.3. The van der Waals surface area contributed by atoms with Crippen molar-refractivity contribution in [3.05, 3.63) is 29.1 Å². The molecule has 4 nitrogen and oxygen atoms in total. The van der Waals surface area contributed by atoms with Crippen LogP contribution in [0.25, 0.3) is 0 Å². The number of hydrogen-bond acceptors (Lipinski definition) is 4. The minimum atomic E-state index is -4.03. The van der Waals surface area contributed by atoms with Gasteiger partial charge in [0.15, 0.2) is 0 Å². The summed E-state index contributed by atoms with van der Waals surface area (Å²) in [7, 11) is 1.14. The summed E-state index contributed by atoms with van der Waals surface area (Å²) in [6.45, 7) is 2.47. The van der Waals surface area contributed by atoms with Crippen LogP contribution in [0.3, 0.4) is 0 Å². The first-order chi connectivity index (χ1) is 7.71. The summed E-state index contributed by atoms with van der Waals surface area (Å²) in [6, 6.07) is 1.93. The lowest BCUT2D eigenvalue weighted by molar-refractivity contribution is -0.142. The Kier molecular flexibility index (Phi) is 4.11. The first kappa shape index (κ1) is 13.9. The van der Waals surface area contributed by atoms with Gasteiger partial charge in [0.25, 0.3) is 9.05 Å². The van der Waals surface area contributed by atoms with Crippen molar-refractivity contribution in [1.29, 1.82) is 0 Å². The Labute approximate surface area is 103 Å². The lowest BCUT2D eigenvalue weighted by atomic mass is 10.1. The normalized spacial score (nSPS) is 11.3. The zero-order valence-corrected chi connectivity index (χ0v) is 10.7. The summed E-state index contributed by atoms with van der Waals surface area (Å²) in [5.41, 5.74) is 0.530. The summed E-state index contributed by atoms with van der Waals surface area (Å²) in [5, 5.41) is 0. The number of ether oxygens (including phenoxy) is 1. The molecule has 0 spiro atoms. The number of hydrogen-bond donors (Lipinski definition) is 0. The average Bonchev–Trinajstić information content (AvgIpc) is 2.17. The maximum Gasteiger partial charge on any atom is 0.302 e. The van der Waals surface area contributed by atoms with Crippen molar-refractivity contribution in [3.8, 4) is 0 Å². The first-order valence-electron chi connectivity index (χ1n) is 4.59. The quantitative estimate of drug-likeness (QED) is 0.628. The second-order valence-electron chi connectivity index (χ2n) is 3.41. The van der Waals surface area contributed by atoms with E-state index in [0.29, 0.717) is 0 Å². The zero-order chi connectivity index (χ0) is 13.2. The molecule has 1 aromatic rings. The lowest BCUT2D eigenvalue weighted by Gasteiger charge is -2.09. The molecule has 0 aliphatic heterocycles. The smallest absolute Gasteiger partial charge is 0.302 e. The molecular formula is C10H10ClFO4S. The Hall–Kier alpha value is -1.14. The number of esters is 1. The van der Waals surface area contributed by atoms with Crippen LogP contribution in [0.4, 0.5) is 4.39 Å². The van der Waals surface area contributed by atoms with Gasteiger partial charge in [0.05, 0.1) is 4.90 Å². The van der Waals surface area contributed by atoms with Crippen molar-refractivity contribution in [3.63, 3.8) is 0 Å². The highest BCUT2D eigenvalue weighted by Crippen LogP contribution is 2.24. The number of halogens is 2. The van der Waals surface area contributed by atoms with Crippen LogP contribution in [-0.4, -0.2) is 14.4 Å². The van der Waals surface area contributed by atoms with Gasteiger partial charge in [-0.3, -0.25) is 4.79 Å². The molecule has 0 N–H and O–H groups in total. The summed E-state index contributed by atoms with van der Waals surface area (Å²) in [5.74, 6) is -1.29. The van der Waals surface area contributed by atoms with E-state index in [1.807, 2.05) is 0 Å². The van der Waals surface area contributed by atoms with E-state index in [4.69, 9.17) is 10.7 Å². The minimum absolute atomic E-state index is 0.196. The van der Waals surface area contributed by atoms with E-state index < -0.39 is 20.8 Å². The van der Waals surface area contributed by atoms with E-state index in [0.717, 1.165) is 12.1 Å². The highest BCUT2D eigenvalue weighted by Gasteiger charge is 2.18. The van der Waals surface area contributed by atoms with E-state index in [9.17, 15) is 17.6 Å². The number of carbonyl (C=O) groups is 1. The topological polar surface area (TPSA) is 60.4 Å². The van der Waals surface area contributed by atoms with Gasteiger partial charge in [-0.25, -0.2) is 12.8 Å². The molecule has 0 heterocycles. The van der Waals surface area contributed by atoms with Crippen molar-refractivity contribution in [2.75, 3.05) is 0 Å². The van der Waals surface area contributed by atoms with Crippen LogP contribution in [0, 0.1) is 12.7 Å². The van der Waals surface area contributed by atoms with Gasteiger partial charge in [-0.2, -0.15) is 0 Å². The molecule has 0 radical (unpaired) electrons. The van der Waals surface area contributed by atoms with Gasteiger partial charge in [0, 0.05) is 17.6 Å². The molecule has 94 valence electrons. The van der Waals surface area contributed by atoms with Gasteiger partial charge in [-0.15, -0.1) is 0 Å². The van der Waals surface area contributed by atoms with Crippen molar-refractivity contribution in [2.45, 2.75) is 25.3 Å². The first-order valence-corrected chi connectivity index (χ1v) is 6.90. The summed E-state index contributed by atoms with van der Waals surface area (Å²) < 4.78 is 40.3. The minimum Gasteiger partial charge on any atom is -0.461 e. The maximum absolute atomic E-state index is 13.2. The second kappa shape index (κ2) is 5.01. The summed E-state index contributed by atoms with van der Waals surface area (Å²) >= 11 is 0. The van der Waals surface area contributed by atoms with Gasteiger partial charge in [0.2, 0.25) is 0 Å². The van der Waals surface area contributed by atoms with Crippen LogP contribution in [-0.2, 0) is 25.2 Å². The molecule has 1 aromatic carbocycles. The molecule has 1 rings (SSSR count). The van der Waals surface area contributed by atoms with Crippen molar-refractivity contribution in [1.82, 2.24) is 0 Å². The van der Waals surface area contributed by atoms with Crippen molar-refractivity contribution < 1.29 is 22.3 Å². The van der Waals surface area contributed by atoms with E-state index in [1.54, 1.807) is 0 Å². The average molecular weight is 281 g/mol. The van der Waals surface area contributed by atoms with Gasteiger partial charge < -0.3 is 4.74 Å². The van der Waals surface area contributed by atoms with Crippen LogP contribution >= 0.6 is 10.7 Å². The molecule has 0 unspecified atom stereocenters. The Bertz CT molecular complexity index is 554. The van der Waals surface area contributed by atoms with Crippen LogP contribution in [0.15, 0.2) is 17.0 Å². The third-order valence-corrected chi connectivity index (χ3v) is 3.57. The third-order valence-electron chi connectivity index (χ3n) is 2.13. The molecule has 0 saturated heterocycles. The van der Waals surface area contributed by atoms with Crippen LogP contribution in [0.2, 0.25) is 0 Å². The van der Waals surface area contributed by atoms with Crippen LogP contribution < -0.4 is 0 Å². The SMILES string of the molecule is CC(=O)OCc1cc(F)cc(S(=O)(=O)Cl)c1C. The molecule has 0 atom stereocenters. The van der Waals surface area contributed by atoms with E-state index in [2.05, 4.69) is 4.74 Å². The molecule has 0 saturated carbocycles. The van der Waals surface area contributed by atoms with Gasteiger partial charge in [-0.1, -0.05) is 0 Å². The monoisotopic (exact) mass is 280 g/mol. The Morgan fingerprint density at radius 2 is 2.06 bits per heavy atom.